The first-order valence-corrected chi connectivity index (χ1v) is 5.14. The number of hydrogen-bond acceptors (Lipinski definition) is 4. The Kier molecular flexibility index (Phi) is 5.38. The lowest BCUT2D eigenvalue weighted by Crippen LogP contribution is -2.46. The first-order valence-electron chi connectivity index (χ1n) is 5.14. The van der Waals surface area contributed by atoms with Crippen LogP contribution in [-0.2, 0) is 9.57 Å². The highest BCUT2D eigenvalue weighted by Crippen LogP contribution is 2.09. The van der Waals surface area contributed by atoms with E-state index in [2.05, 4.69) is 5.48 Å². The number of ether oxygens (including phenoxy) is 1. The summed E-state index contributed by atoms with van der Waals surface area (Å²) in [4.78, 5) is 17.7. The van der Waals surface area contributed by atoms with E-state index in [1.165, 1.54) is 0 Å². The molecule has 2 amide bonds. The number of urea groups is 1. The molecule has 1 rings (SSSR count). The van der Waals surface area contributed by atoms with Gasteiger partial charge in [-0.1, -0.05) is 0 Å². The highest BCUT2D eigenvalue weighted by atomic mass is 16.7. The second-order valence-electron chi connectivity index (χ2n) is 3.56. The Balaban J connectivity index is 2.07. The summed E-state index contributed by atoms with van der Waals surface area (Å²) in [5.74, 6) is 0. The Hall–Kier alpha value is -0.850. The van der Waals surface area contributed by atoms with Crippen molar-refractivity contribution in [2.24, 2.45) is 5.73 Å². The monoisotopic (exact) mass is 217 g/mol. The van der Waals surface area contributed by atoms with Crippen LogP contribution in [0.15, 0.2) is 0 Å². The summed E-state index contributed by atoms with van der Waals surface area (Å²) in [5, 5.41) is 0. The highest BCUT2D eigenvalue weighted by Gasteiger charge is 2.20. The Bertz CT molecular complexity index is 193. The Morgan fingerprint density at radius 1 is 1.47 bits per heavy atom. The van der Waals surface area contributed by atoms with Crippen LogP contribution in [0.25, 0.3) is 0 Å². The number of carbonyl (C=O) groups is 1. The van der Waals surface area contributed by atoms with Gasteiger partial charge in [0.25, 0.3) is 0 Å². The number of nitrogens with one attached hydrogen (secondary N) is 1. The van der Waals surface area contributed by atoms with E-state index in [0.717, 1.165) is 12.8 Å². The largest absolute Gasteiger partial charge is 0.382 e. The number of likely N-dealkylation sites (tertiary alicyclic amines) is 1. The number of methoxy groups -OCH3 is 1. The van der Waals surface area contributed by atoms with Crippen LogP contribution in [0.3, 0.4) is 0 Å². The van der Waals surface area contributed by atoms with Gasteiger partial charge in [0, 0.05) is 26.2 Å². The molecule has 0 bridgehead atoms. The Labute approximate surface area is 89.6 Å². The number of carbonyl (C=O) groups excluding carboxylic acids is 1. The summed E-state index contributed by atoms with van der Waals surface area (Å²) in [5.41, 5.74) is 8.13. The Morgan fingerprint density at radius 3 is 2.67 bits per heavy atom. The van der Waals surface area contributed by atoms with E-state index < -0.39 is 0 Å². The second kappa shape index (κ2) is 6.60. The zero-order valence-corrected chi connectivity index (χ0v) is 9.07. The summed E-state index contributed by atoms with van der Waals surface area (Å²) < 4.78 is 4.85. The van der Waals surface area contributed by atoms with Crippen LogP contribution >= 0.6 is 0 Å². The zero-order chi connectivity index (χ0) is 11.1. The van der Waals surface area contributed by atoms with Crippen molar-refractivity contribution in [1.29, 1.82) is 0 Å². The van der Waals surface area contributed by atoms with Gasteiger partial charge in [-0.15, -0.1) is 0 Å². The number of piperidine rings is 1. The fourth-order valence-electron chi connectivity index (χ4n) is 1.52. The lowest BCUT2D eigenvalue weighted by Gasteiger charge is -2.30. The predicted molar refractivity (Wildman–Crippen MR) is 55.1 cm³/mol. The Morgan fingerprint density at radius 2 is 2.13 bits per heavy atom. The van der Waals surface area contributed by atoms with Gasteiger partial charge in [0.2, 0.25) is 0 Å². The lowest BCUT2D eigenvalue weighted by atomic mass is 10.1. The molecule has 0 aromatic carbocycles. The summed E-state index contributed by atoms with van der Waals surface area (Å²) in [6.07, 6.45) is 1.74. The molecular weight excluding hydrogens is 198 g/mol. The van der Waals surface area contributed by atoms with Crippen LogP contribution in [0.2, 0.25) is 0 Å². The molecule has 0 aromatic rings. The van der Waals surface area contributed by atoms with Gasteiger partial charge in [0.05, 0.1) is 13.2 Å². The van der Waals surface area contributed by atoms with Crippen molar-refractivity contribution in [1.82, 2.24) is 10.4 Å². The van der Waals surface area contributed by atoms with Gasteiger partial charge >= 0.3 is 6.03 Å². The zero-order valence-electron chi connectivity index (χ0n) is 9.07. The maximum absolute atomic E-state index is 10.8. The van der Waals surface area contributed by atoms with Crippen molar-refractivity contribution < 1.29 is 14.4 Å². The van der Waals surface area contributed by atoms with Gasteiger partial charge in [0.15, 0.2) is 0 Å². The van der Waals surface area contributed by atoms with E-state index in [4.69, 9.17) is 15.3 Å². The van der Waals surface area contributed by atoms with Crippen LogP contribution in [0.4, 0.5) is 4.79 Å². The maximum Gasteiger partial charge on any atom is 0.314 e. The van der Waals surface area contributed by atoms with Crippen LogP contribution in [0, 0.1) is 0 Å². The van der Waals surface area contributed by atoms with E-state index in [1.807, 2.05) is 0 Å². The standard InChI is InChI=1S/C9H19N3O3/c1-14-6-7-15-11-8-2-4-12(5-3-8)9(10)13/h8,11H,2-7H2,1H3,(H2,10,13). The van der Waals surface area contributed by atoms with Crippen molar-refractivity contribution in [2.75, 3.05) is 33.4 Å². The van der Waals surface area contributed by atoms with Crippen LogP contribution in [-0.4, -0.2) is 50.4 Å². The van der Waals surface area contributed by atoms with Gasteiger partial charge in [0.1, 0.15) is 0 Å². The molecule has 88 valence electrons. The van der Waals surface area contributed by atoms with E-state index in [0.29, 0.717) is 32.3 Å². The molecule has 1 aliphatic rings. The minimum Gasteiger partial charge on any atom is -0.382 e. The molecule has 0 aliphatic carbocycles. The SMILES string of the molecule is COCCONC1CCN(C(N)=O)CC1. The van der Waals surface area contributed by atoms with E-state index in [1.54, 1.807) is 12.0 Å². The number of hydroxylamine groups is 1. The maximum atomic E-state index is 10.8. The molecule has 6 heteroatoms. The number of rotatable bonds is 5. The van der Waals surface area contributed by atoms with Crippen LogP contribution in [0.5, 0.6) is 0 Å². The van der Waals surface area contributed by atoms with Crippen molar-refractivity contribution in [3.63, 3.8) is 0 Å². The molecule has 0 atom stereocenters. The van der Waals surface area contributed by atoms with Gasteiger partial charge < -0.3 is 15.4 Å². The van der Waals surface area contributed by atoms with Gasteiger partial charge in [-0.2, -0.15) is 5.48 Å². The summed E-state index contributed by atoms with van der Waals surface area (Å²) >= 11 is 0. The normalized spacial score (nSPS) is 18.1. The van der Waals surface area contributed by atoms with E-state index in [-0.39, 0.29) is 6.03 Å². The highest BCUT2D eigenvalue weighted by molar-refractivity contribution is 5.72. The van der Waals surface area contributed by atoms with Crippen molar-refractivity contribution in [3.8, 4) is 0 Å². The fourth-order valence-corrected chi connectivity index (χ4v) is 1.52. The molecule has 0 radical (unpaired) electrons. The molecule has 0 spiro atoms. The molecule has 1 fully saturated rings. The first kappa shape index (κ1) is 12.2. The topological polar surface area (TPSA) is 76.8 Å². The lowest BCUT2D eigenvalue weighted by molar-refractivity contribution is -0.0211. The minimum atomic E-state index is -0.339. The molecule has 6 nitrogen and oxygen atoms in total. The molecule has 15 heavy (non-hydrogen) atoms. The van der Waals surface area contributed by atoms with Gasteiger partial charge in [-0.05, 0) is 12.8 Å². The smallest absolute Gasteiger partial charge is 0.314 e. The number of amides is 2. The summed E-state index contributed by atoms with van der Waals surface area (Å²) in [7, 11) is 1.63. The third-order valence-electron chi connectivity index (χ3n) is 2.45. The molecule has 1 saturated heterocycles. The molecule has 1 heterocycles. The average molecular weight is 217 g/mol. The molecule has 0 saturated carbocycles. The molecule has 1 aliphatic heterocycles. The molecule has 0 unspecified atom stereocenters. The molecular formula is C9H19N3O3. The van der Waals surface area contributed by atoms with Crippen LogP contribution < -0.4 is 11.2 Å². The summed E-state index contributed by atoms with van der Waals surface area (Å²) in [6.45, 7) is 2.50. The summed E-state index contributed by atoms with van der Waals surface area (Å²) in [6, 6.07) is -0.0359. The fraction of sp³-hybridized carbons (Fsp3) is 0.889. The first-order chi connectivity index (χ1) is 7.24. The minimum absolute atomic E-state index is 0.303. The van der Waals surface area contributed by atoms with E-state index in [9.17, 15) is 4.79 Å². The number of nitrogens with two attached hydrogens (primary N) is 1. The molecule has 3 N–H and O–H groups in total. The number of hydrogen-bond donors (Lipinski definition) is 2. The molecule has 0 aromatic heterocycles. The van der Waals surface area contributed by atoms with Crippen molar-refractivity contribution in [3.05, 3.63) is 0 Å². The second-order valence-corrected chi connectivity index (χ2v) is 3.56. The number of primary amides is 1. The van der Waals surface area contributed by atoms with Crippen molar-refractivity contribution >= 4 is 6.03 Å². The third kappa shape index (κ3) is 4.46. The average Bonchev–Trinajstić information content (AvgIpc) is 2.25. The predicted octanol–water partition coefficient (Wildman–Crippen LogP) is -0.303. The third-order valence-corrected chi connectivity index (χ3v) is 2.45. The van der Waals surface area contributed by atoms with Gasteiger partial charge in [-0.3, -0.25) is 4.84 Å². The van der Waals surface area contributed by atoms with E-state index >= 15 is 0 Å². The van der Waals surface area contributed by atoms with Gasteiger partial charge in [-0.25, -0.2) is 4.79 Å². The van der Waals surface area contributed by atoms with Crippen molar-refractivity contribution in [2.45, 2.75) is 18.9 Å². The quantitative estimate of drug-likeness (QED) is 0.489. The number of nitrogens with zero attached hydrogens (tertiary/aromatic N) is 1. The van der Waals surface area contributed by atoms with Crippen LogP contribution in [0.1, 0.15) is 12.8 Å².